The molecule has 0 aliphatic heterocycles. The average Bonchev–Trinajstić information content (AvgIpc) is 2.65. The van der Waals surface area contributed by atoms with Gasteiger partial charge in [-0.1, -0.05) is 0 Å². The number of nitrogens with zero attached hydrogens (tertiary/aromatic N) is 3. The van der Waals surface area contributed by atoms with Crippen LogP contribution >= 0.6 is 0 Å². The zero-order valence-electron chi connectivity index (χ0n) is 7.65. The van der Waals surface area contributed by atoms with Gasteiger partial charge in [-0.3, -0.25) is 4.79 Å². The van der Waals surface area contributed by atoms with Crippen LogP contribution in [0.25, 0.3) is 0 Å². The Morgan fingerprint density at radius 2 is 2.07 bits per heavy atom. The van der Waals surface area contributed by atoms with Crippen LogP contribution in [0.5, 0.6) is 0 Å². The number of carbonyl (C=O) groups is 2. The molecule has 82 valence electrons. The third-order valence-corrected chi connectivity index (χ3v) is 1.84. The fraction of sp³-hybridized carbons (Fsp3) is 0.429. The van der Waals surface area contributed by atoms with Crippen LogP contribution in [0, 0.1) is 0 Å². The van der Waals surface area contributed by atoms with E-state index in [1.807, 2.05) is 0 Å². The second-order valence-electron chi connectivity index (χ2n) is 2.91. The van der Waals surface area contributed by atoms with E-state index in [0.717, 1.165) is 4.68 Å². The van der Waals surface area contributed by atoms with Crippen molar-refractivity contribution in [3.05, 3.63) is 12.7 Å². The summed E-state index contributed by atoms with van der Waals surface area (Å²) >= 11 is 0. The highest BCUT2D eigenvalue weighted by atomic mass is 16.4. The van der Waals surface area contributed by atoms with Crippen LogP contribution in [-0.2, 0) is 9.59 Å². The summed E-state index contributed by atoms with van der Waals surface area (Å²) in [5, 5.41) is 21.0. The van der Waals surface area contributed by atoms with E-state index in [1.165, 1.54) is 12.7 Å². The van der Waals surface area contributed by atoms with Gasteiger partial charge in [0.25, 0.3) is 0 Å². The molecule has 1 heterocycles. The molecule has 0 aliphatic rings. The van der Waals surface area contributed by atoms with E-state index in [9.17, 15) is 9.59 Å². The lowest BCUT2D eigenvalue weighted by Gasteiger charge is -2.14. The fourth-order valence-electron chi connectivity index (χ4n) is 1.04. The third kappa shape index (κ3) is 2.74. The van der Waals surface area contributed by atoms with Crippen molar-refractivity contribution in [2.75, 3.05) is 0 Å². The van der Waals surface area contributed by atoms with Gasteiger partial charge < -0.3 is 15.9 Å². The fourth-order valence-corrected chi connectivity index (χ4v) is 1.04. The molecular weight excluding hydrogens is 204 g/mol. The molecule has 8 heteroatoms. The van der Waals surface area contributed by atoms with Crippen molar-refractivity contribution in [2.45, 2.75) is 18.5 Å². The first-order valence-electron chi connectivity index (χ1n) is 4.07. The van der Waals surface area contributed by atoms with Gasteiger partial charge in [0.05, 0.1) is 0 Å². The molecule has 1 unspecified atom stereocenters. The molecule has 4 N–H and O–H groups in total. The highest BCUT2D eigenvalue weighted by Crippen LogP contribution is 2.11. The number of aromatic nitrogens is 3. The minimum atomic E-state index is -1.25. The SMILES string of the molecule is N[C@@H](CC(C(=O)O)n1cncn1)C(=O)O. The summed E-state index contributed by atoms with van der Waals surface area (Å²) in [6.07, 6.45) is 2.13. The maximum atomic E-state index is 10.8. The zero-order chi connectivity index (χ0) is 11.4. The van der Waals surface area contributed by atoms with Crippen molar-refractivity contribution >= 4 is 11.9 Å². The highest BCUT2D eigenvalue weighted by Gasteiger charge is 2.26. The molecule has 1 aromatic rings. The Bertz CT molecular complexity index is 350. The number of carboxylic acids is 2. The number of nitrogens with two attached hydrogens (primary N) is 1. The van der Waals surface area contributed by atoms with Crippen LogP contribution in [0.3, 0.4) is 0 Å². The predicted octanol–water partition coefficient (Wildman–Crippen LogP) is -1.29. The molecule has 1 rings (SSSR count). The first-order valence-corrected chi connectivity index (χ1v) is 4.07. The van der Waals surface area contributed by atoms with Crippen LogP contribution in [0.4, 0.5) is 0 Å². The van der Waals surface area contributed by atoms with Gasteiger partial charge in [0.15, 0.2) is 6.04 Å². The van der Waals surface area contributed by atoms with Crippen LogP contribution in [-0.4, -0.2) is 43.0 Å². The van der Waals surface area contributed by atoms with Crippen molar-refractivity contribution in [1.29, 1.82) is 0 Å². The summed E-state index contributed by atoms with van der Waals surface area (Å²) in [7, 11) is 0. The molecule has 0 aliphatic carbocycles. The van der Waals surface area contributed by atoms with Crippen molar-refractivity contribution in [3.63, 3.8) is 0 Å². The van der Waals surface area contributed by atoms with Crippen LogP contribution in [0.1, 0.15) is 12.5 Å². The Balaban J connectivity index is 2.77. The van der Waals surface area contributed by atoms with Crippen LogP contribution in [0.2, 0.25) is 0 Å². The lowest BCUT2D eigenvalue weighted by atomic mass is 10.1. The van der Waals surface area contributed by atoms with Crippen LogP contribution in [0.15, 0.2) is 12.7 Å². The molecule has 0 radical (unpaired) electrons. The lowest BCUT2D eigenvalue weighted by molar-refractivity contribution is -0.143. The summed E-state index contributed by atoms with van der Waals surface area (Å²) in [5.41, 5.74) is 5.24. The maximum Gasteiger partial charge on any atom is 0.328 e. The van der Waals surface area contributed by atoms with Crippen molar-refractivity contribution in [2.24, 2.45) is 5.73 Å². The second-order valence-corrected chi connectivity index (χ2v) is 2.91. The molecule has 2 atom stereocenters. The molecule has 0 fully saturated rings. The third-order valence-electron chi connectivity index (χ3n) is 1.84. The monoisotopic (exact) mass is 214 g/mol. The molecule has 0 saturated heterocycles. The van der Waals surface area contributed by atoms with E-state index in [2.05, 4.69) is 10.1 Å². The number of aliphatic carboxylic acids is 2. The number of hydrogen-bond acceptors (Lipinski definition) is 5. The summed E-state index contributed by atoms with van der Waals surface area (Å²) in [5.74, 6) is -2.45. The maximum absolute atomic E-state index is 10.8. The molecule has 0 amide bonds. The Labute approximate surface area is 84.3 Å². The van der Waals surface area contributed by atoms with Gasteiger partial charge in [-0.2, -0.15) is 5.10 Å². The Kier molecular flexibility index (Phi) is 3.34. The number of rotatable bonds is 5. The summed E-state index contributed by atoms with van der Waals surface area (Å²) in [4.78, 5) is 24.9. The Morgan fingerprint density at radius 3 is 2.47 bits per heavy atom. The summed E-state index contributed by atoms with van der Waals surface area (Å²) in [6, 6.07) is -2.35. The highest BCUT2D eigenvalue weighted by molar-refractivity contribution is 5.76. The molecule has 1 aromatic heterocycles. The lowest BCUT2D eigenvalue weighted by Crippen LogP contribution is -2.35. The zero-order valence-corrected chi connectivity index (χ0v) is 7.65. The second kappa shape index (κ2) is 4.51. The molecule has 0 aromatic carbocycles. The van der Waals surface area contributed by atoms with Gasteiger partial charge in [0, 0.05) is 6.42 Å². The largest absolute Gasteiger partial charge is 0.480 e. The Hall–Kier alpha value is -1.96. The molecule has 0 spiro atoms. The average molecular weight is 214 g/mol. The van der Waals surface area contributed by atoms with E-state index in [0.29, 0.717) is 0 Å². The summed E-state index contributed by atoms with van der Waals surface area (Å²) < 4.78 is 1.06. The van der Waals surface area contributed by atoms with Crippen molar-refractivity contribution in [3.8, 4) is 0 Å². The topological polar surface area (TPSA) is 131 Å². The van der Waals surface area contributed by atoms with E-state index >= 15 is 0 Å². The quantitative estimate of drug-likeness (QED) is 0.555. The smallest absolute Gasteiger partial charge is 0.328 e. The van der Waals surface area contributed by atoms with Gasteiger partial charge in [0.2, 0.25) is 0 Å². The Morgan fingerprint density at radius 1 is 1.40 bits per heavy atom. The van der Waals surface area contributed by atoms with Gasteiger partial charge in [0.1, 0.15) is 18.7 Å². The first kappa shape index (κ1) is 11.1. The standard InChI is InChI=1S/C7H10N4O4/c8-4(6(12)13)1-5(7(14)15)11-3-9-2-10-11/h2-5H,1,8H2,(H,12,13)(H,14,15)/t4-,5?/m0/s1. The molecule has 0 saturated carbocycles. The molecular formula is C7H10N4O4. The van der Waals surface area contributed by atoms with E-state index in [-0.39, 0.29) is 6.42 Å². The van der Waals surface area contributed by atoms with Gasteiger partial charge in [-0.25, -0.2) is 14.5 Å². The van der Waals surface area contributed by atoms with E-state index in [4.69, 9.17) is 15.9 Å². The minimum absolute atomic E-state index is 0.242. The van der Waals surface area contributed by atoms with Crippen molar-refractivity contribution in [1.82, 2.24) is 14.8 Å². The molecule has 8 nitrogen and oxygen atoms in total. The normalized spacial score (nSPS) is 14.5. The predicted molar refractivity (Wildman–Crippen MR) is 46.9 cm³/mol. The number of hydrogen-bond donors (Lipinski definition) is 3. The first-order chi connectivity index (χ1) is 7.02. The number of carboxylic acid groups (broad SMARTS) is 2. The van der Waals surface area contributed by atoms with Gasteiger partial charge in [-0.05, 0) is 0 Å². The minimum Gasteiger partial charge on any atom is -0.480 e. The van der Waals surface area contributed by atoms with Gasteiger partial charge >= 0.3 is 11.9 Å². The molecule has 0 bridgehead atoms. The van der Waals surface area contributed by atoms with Crippen molar-refractivity contribution < 1.29 is 19.8 Å². The van der Waals surface area contributed by atoms with E-state index < -0.39 is 24.0 Å². The molecule has 15 heavy (non-hydrogen) atoms. The van der Waals surface area contributed by atoms with Crippen LogP contribution < -0.4 is 5.73 Å². The summed E-state index contributed by atoms with van der Waals surface area (Å²) in [6.45, 7) is 0. The van der Waals surface area contributed by atoms with E-state index in [1.54, 1.807) is 0 Å². The van der Waals surface area contributed by atoms with Gasteiger partial charge in [-0.15, -0.1) is 0 Å².